The topological polar surface area (TPSA) is 129 Å². The van der Waals surface area contributed by atoms with Gasteiger partial charge in [-0.3, -0.25) is 19.2 Å². The van der Waals surface area contributed by atoms with E-state index in [-0.39, 0.29) is 24.0 Å². The first kappa shape index (κ1) is 29.3. The van der Waals surface area contributed by atoms with Crippen LogP contribution in [0.3, 0.4) is 0 Å². The van der Waals surface area contributed by atoms with Crippen molar-refractivity contribution in [3.05, 3.63) is 11.6 Å². The minimum absolute atomic E-state index is 0.0985. The highest BCUT2D eigenvalue weighted by atomic mass is 16.6. The molecule has 9 heteroatoms. The fourth-order valence-corrected chi connectivity index (χ4v) is 9.33. The number of nitrogens with zero attached hydrogens (tertiary/aromatic N) is 1. The number of ether oxygens (including phenoxy) is 3. The number of rotatable bonds is 4. The third-order valence-electron chi connectivity index (χ3n) is 11.1. The van der Waals surface area contributed by atoms with E-state index in [0.717, 1.165) is 5.57 Å². The summed E-state index contributed by atoms with van der Waals surface area (Å²) in [4.78, 5) is 50.7. The predicted molar refractivity (Wildman–Crippen MR) is 142 cm³/mol. The van der Waals surface area contributed by atoms with Crippen LogP contribution in [-0.2, 0) is 33.4 Å². The van der Waals surface area contributed by atoms with Gasteiger partial charge in [0.1, 0.15) is 24.1 Å². The SMILES string of the molecule is CC(=O)O[C@H]1C[C@@H]2C(=CC[C@@H]3[C@@]2(C)C(=O)C[C@]2(C)[C@@H](/C(C)=N/O)[C@H](OC(C)=O)C[C@@]32C)C(C)(C)[C@@H]1OC(C)=O. The largest absolute Gasteiger partial charge is 0.462 e. The number of allylic oxidation sites excluding steroid dienone is 1. The van der Waals surface area contributed by atoms with Crippen LogP contribution in [-0.4, -0.2) is 52.9 Å². The highest BCUT2D eigenvalue weighted by Crippen LogP contribution is 2.73. The van der Waals surface area contributed by atoms with Crippen LogP contribution in [0.1, 0.15) is 88.0 Å². The summed E-state index contributed by atoms with van der Waals surface area (Å²) in [5.74, 6) is -1.94. The number of carbonyl (C=O) groups excluding carboxylic acids is 4. The molecule has 3 saturated carbocycles. The van der Waals surface area contributed by atoms with Gasteiger partial charge in [-0.15, -0.1) is 0 Å². The molecule has 0 spiro atoms. The molecule has 4 aliphatic rings. The molecule has 0 bridgehead atoms. The van der Waals surface area contributed by atoms with E-state index in [2.05, 4.69) is 25.1 Å². The van der Waals surface area contributed by atoms with E-state index < -0.39 is 63.8 Å². The van der Waals surface area contributed by atoms with Gasteiger partial charge >= 0.3 is 17.9 Å². The third-order valence-corrected chi connectivity index (χ3v) is 11.1. The second-order valence-electron chi connectivity index (χ2n) is 13.4. The monoisotopic (exact) mass is 545 g/mol. The summed E-state index contributed by atoms with van der Waals surface area (Å²) in [5.41, 5.74) is -0.972. The Bertz CT molecular complexity index is 1160. The van der Waals surface area contributed by atoms with Gasteiger partial charge in [0.05, 0.1) is 5.71 Å². The van der Waals surface area contributed by atoms with E-state index >= 15 is 0 Å². The van der Waals surface area contributed by atoms with Crippen LogP contribution >= 0.6 is 0 Å². The Kier molecular flexibility index (Phi) is 7.09. The van der Waals surface area contributed by atoms with Crippen molar-refractivity contribution in [1.29, 1.82) is 0 Å². The van der Waals surface area contributed by atoms with Crippen LogP contribution in [0.2, 0.25) is 0 Å². The number of fused-ring (bicyclic) bond motifs is 5. The lowest BCUT2D eigenvalue weighted by Crippen LogP contribution is -2.65. The number of ketones is 1. The standard InChI is InChI=1S/C30H43NO8/c1-15(31-36)25-22(38-17(3)33)13-28(7)23-11-10-19-20(30(23,9)24(35)14-29(25,28)8)12-21(37-16(2)32)26(27(19,5)6)39-18(4)34/h10,20-23,25-26,36H,11-14H2,1-9H3/b31-15+/t20-,21+,22-,23+,25+,26-,28+,29-,30+/m1/s1. The number of esters is 3. The van der Waals surface area contributed by atoms with E-state index in [9.17, 15) is 24.4 Å². The lowest BCUT2D eigenvalue weighted by atomic mass is 9.38. The molecule has 0 aromatic carbocycles. The van der Waals surface area contributed by atoms with Gasteiger partial charge in [-0.25, -0.2) is 0 Å². The number of oxime groups is 1. The molecule has 3 fully saturated rings. The zero-order valence-electron chi connectivity index (χ0n) is 24.6. The van der Waals surface area contributed by atoms with Crippen molar-refractivity contribution in [3.8, 4) is 0 Å². The van der Waals surface area contributed by atoms with Gasteiger partial charge in [0.25, 0.3) is 0 Å². The highest BCUT2D eigenvalue weighted by Gasteiger charge is 2.73. The van der Waals surface area contributed by atoms with Crippen molar-refractivity contribution in [2.24, 2.45) is 44.6 Å². The van der Waals surface area contributed by atoms with Crippen molar-refractivity contribution >= 4 is 29.4 Å². The molecule has 39 heavy (non-hydrogen) atoms. The van der Waals surface area contributed by atoms with Gasteiger partial charge in [0.15, 0.2) is 0 Å². The molecular formula is C30H43NO8. The molecule has 216 valence electrons. The summed E-state index contributed by atoms with van der Waals surface area (Å²) in [6.07, 6.45) is 2.09. The summed E-state index contributed by atoms with van der Waals surface area (Å²) in [6, 6.07) is 0. The Hall–Kier alpha value is -2.71. The third kappa shape index (κ3) is 4.13. The summed E-state index contributed by atoms with van der Waals surface area (Å²) < 4.78 is 17.3. The fraction of sp³-hybridized carbons (Fsp3) is 0.767. The van der Waals surface area contributed by atoms with Crippen LogP contribution in [0.4, 0.5) is 0 Å². The average molecular weight is 546 g/mol. The zero-order valence-corrected chi connectivity index (χ0v) is 24.6. The molecule has 0 heterocycles. The summed E-state index contributed by atoms with van der Waals surface area (Å²) in [7, 11) is 0. The minimum atomic E-state index is -0.783. The molecule has 0 aromatic heterocycles. The van der Waals surface area contributed by atoms with Crippen LogP contribution in [0.5, 0.6) is 0 Å². The van der Waals surface area contributed by atoms with Gasteiger partial charge in [-0.05, 0) is 48.9 Å². The first-order valence-electron chi connectivity index (χ1n) is 13.9. The van der Waals surface area contributed by atoms with Crippen LogP contribution in [0, 0.1) is 39.4 Å². The molecule has 0 aliphatic heterocycles. The first-order valence-corrected chi connectivity index (χ1v) is 13.9. The lowest BCUT2D eigenvalue weighted by Gasteiger charge is -2.64. The molecule has 0 amide bonds. The Labute approximate surface area is 230 Å². The van der Waals surface area contributed by atoms with Crippen LogP contribution in [0.15, 0.2) is 16.8 Å². The number of hydrogen-bond acceptors (Lipinski definition) is 9. The molecular weight excluding hydrogens is 502 g/mol. The van der Waals surface area contributed by atoms with Crippen molar-refractivity contribution in [1.82, 2.24) is 0 Å². The van der Waals surface area contributed by atoms with Crippen LogP contribution < -0.4 is 0 Å². The van der Waals surface area contributed by atoms with E-state index in [1.165, 1.54) is 20.8 Å². The normalized spacial score (nSPS) is 42.8. The number of hydrogen-bond donors (Lipinski definition) is 1. The Balaban J connectivity index is 1.85. The predicted octanol–water partition coefficient (Wildman–Crippen LogP) is 4.64. The second-order valence-corrected chi connectivity index (χ2v) is 13.4. The molecule has 9 nitrogen and oxygen atoms in total. The van der Waals surface area contributed by atoms with Crippen molar-refractivity contribution < 1.29 is 38.6 Å². The van der Waals surface area contributed by atoms with Gasteiger partial charge in [-0.1, -0.05) is 51.4 Å². The molecule has 9 atom stereocenters. The summed E-state index contributed by atoms with van der Waals surface area (Å²) >= 11 is 0. The summed E-state index contributed by atoms with van der Waals surface area (Å²) in [6.45, 7) is 16.0. The van der Waals surface area contributed by atoms with Crippen molar-refractivity contribution in [3.63, 3.8) is 0 Å². The second kappa shape index (κ2) is 9.44. The average Bonchev–Trinajstić information content (AvgIpc) is 3.01. The van der Waals surface area contributed by atoms with E-state index in [0.29, 0.717) is 25.0 Å². The first-order chi connectivity index (χ1) is 17.9. The minimum Gasteiger partial charge on any atom is -0.462 e. The molecule has 1 N–H and O–H groups in total. The van der Waals surface area contributed by atoms with Crippen LogP contribution in [0.25, 0.3) is 0 Å². The van der Waals surface area contributed by atoms with Crippen molar-refractivity contribution in [2.45, 2.75) is 106 Å². The van der Waals surface area contributed by atoms with Crippen molar-refractivity contribution in [2.75, 3.05) is 0 Å². The van der Waals surface area contributed by atoms with Gasteiger partial charge < -0.3 is 19.4 Å². The fourth-order valence-electron chi connectivity index (χ4n) is 9.33. The lowest BCUT2D eigenvalue weighted by molar-refractivity contribution is -0.191. The van der Waals surface area contributed by atoms with Gasteiger partial charge in [0, 0.05) is 43.9 Å². The maximum Gasteiger partial charge on any atom is 0.303 e. The van der Waals surface area contributed by atoms with E-state index in [4.69, 9.17) is 14.2 Å². The number of carbonyl (C=O) groups is 4. The molecule has 0 saturated heterocycles. The smallest absolute Gasteiger partial charge is 0.303 e. The zero-order chi connectivity index (χ0) is 29.3. The Morgan fingerprint density at radius 1 is 0.897 bits per heavy atom. The molecule has 4 rings (SSSR count). The molecule has 4 aliphatic carbocycles. The number of Topliss-reactive ketones (excluding diaryl/α,β-unsaturated/α-hetero) is 1. The molecule has 0 radical (unpaired) electrons. The maximum atomic E-state index is 14.4. The van der Waals surface area contributed by atoms with Gasteiger partial charge in [0.2, 0.25) is 0 Å². The summed E-state index contributed by atoms with van der Waals surface area (Å²) in [5, 5.41) is 13.3. The Morgan fingerprint density at radius 3 is 2.00 bits per heavy atom. The molecule has 0 unspecified atom stereocenters. The molecule has 0 aromatic rings. The maximum absolute atomic E-state index is 14.4. The Morgan fingerprint density at radius 2 is 1.46 bits per heavy atom. The van der Waals surface area contributed by atoms with Gasteiger partial charge in [-0.2, -0.15) is 0 Å². The van der Waals surface area contributed by atoms with E-state index in [1.807, 2.05) is 20.8 Å². The highest BCUT2D eigenvalue weighted by molar-refractivity contribution is 5.92. The van der Waals surface area contributed by atoms with E-state index in [1.54, 1.807) is 6.92 Å². The quantitative estimate of drug-likeness (QED) is 0.135.